The van der Waals surface area contributed by atoms with Gasteiger partial charge in [-0.3, -0.25) is 5.32 Å². The summed E-state index contributed by atoms with van der Waals surface area (Å²) in [6, 6.07) is 0.607. The number of nitrogens with zero attached hydrogens (tertiary/aromatic N) is 3. The Morgan fingerprint density at radius 3 is 2.90 bits per heavy atom. The van der Waals surface area contributed by atoms with Gasteiger partial charge in [-0.1, -0.05) is 7.43 Å². The number of quaternary nitrogens is 1. The Hall–Kier alpha value is -1.08. The van der Waals surface area contributed by atoms with Crippen LogP contribution in [0.1, 0.15) is 20.3 Å². The van der Waals surface area contributed by atoms with Gasteiger partial charge < -0.3 is 9.13 Å². The van der Waals surface area contributed by atoms with Crippen molar-refractivity contribution in [3.05, 3.63) is 11.6 Å². The number of anilines is 1. The SMILES string of the molecule is C.[B][N+]12CCC(CC1)C1(CN=C(Nc3nccs3)O1)C2. The summed E-state index contributed by atoms with van der Waals surface area (Å²) in [4.78, 5) is 8.71. The zero-order valence-electron chi connectivity index (χ0n) is 10.7. The molecule has 0 saturated carbocycles. The fraction of sp³-hybridized carbons (Fsp3) is 0.692. The molecule has 106 valence electrons. The largest absolute Gasteiger partial charge is 0.481 e. The van der Waals surface area contributed by atoms with Crippen molar-refractivity contribution >= 4 is 30.5 Å². The van der Waals surface area contributed by atoms with Crippen molar-refractivity contribution in [3.8, 4) is 0 Å². The molecular weight excluding hydrogens is 271 g/mol. The van der Waals surface area contributed by atoms with Gasteiger partial charge in [0.05, 0.1) is 19.6 Å². The Bertz CT molecular complexity index is 512. The van der Waals surface area contributed by atoms with Crippen LogP contribution in [0.5, 0.6) is 0 Å². The molecular formula is C13H20BN4OS+. The molecule has 2 radical (unpaired) electrons. The molecule has 7 heteroatoms. The molecule has 3 saturated heterocycles. The van der Waals surface area contributed by atoms with E-state index in [2.05, 4.69) is 15.3 Å². The topological polar surface area (TPSA) is 46.5 Å². The van der Waals surface area contributed by atoms with Crippen LogP contribution in [0.3, 0.4) is 0 Å². The highest BCUT2D eigenvalue weighted by molar-refractivity contribution is 7.13. The fourth-order valence-corrected chi connectivity index (χ4v) is 4.15. The smallest absolute Gasteiger partial charge is 0.450 e. The van der Waals surface area contributed by atoms with E-state index < -0.39 is 0 Å². The number of hydrogen-bond donors (Lipinski definition) is 1. The van der Waals surface area contributed by atoms with E-state index in [1.165, 1.54) is 0 Å². The van der Waals surface area contributed by atoms with Crippen LogP contribution in [0.15, 0.2) is 16.6 Å². The zero-order valence-corrected chi connectivity index (χ0v) is 11.5. The van der Waals surface area contributed by atoms with Crippen LogP contribution in [0.2, 0.25) is 0 Å². The van der Waals surface area contributed by atoms with Gasteiger partial charge in [0.1, 0.15) is 6.54 Å². The monoisotopic (exact) mass is 291 g/mol. The number of rotatable bonds is 1. The molecule has 4 aliphatic rings. The van der Waals surface area contributed by atoms with Gasteiger partial charge >= 0.3 is 7.98 Å². The molecule has 1 spiro atoms. The molecule has 5 nitrogen and oxygen atoms in total. The van der Waals surface area contributed by atoms with Gasteiger partial charge in [-0.2, -0.15) is 0 Å². The van der Waals surface area contributed by atoms with E-state index in [1.807, 2.05) is 5.38 Å². The third-order valence-corrected chi connectivity index (χ3v) is 5.30. The Morgan fingerprint density at radius 2 is 2.25 bits per heavy atom. The number of aliphatic imine (C=N–C) groups is 1. The van der Waals surface area contributed by atoms with E-state index in [4.69, 9.17) is 12.7 Å². The molecule has 1 aromatic rings. The van der Waals surface area contributed by atoms with E-state index in [1.54, 1.807) is 17.5 Å². The number of hydrogen-bond acceptors (Lipinski definition) is 5. The molecule has 0 amide bonds. The van der Waals surface area contributed by atoms with Gasteiger partial charge in [0.15, 0.2) is 10.7 Å². The molecule has 1 N–H and O–H groups in total. The summed E-state index contributed by atoms with van der Waals surface area (Å²) < 4.78 is 6.82. The van der Waals surface area contributed by atoms with Crippen LogP contribution < -0.4 is 5.32 Å². The lowest BCUT2D eigenvalue weighted by molar-refractivity contribution is -0.845. The molecule has 4 aliphatic heterocycles. The Balaban J connectivity index is 0.00000121. The van der Waals surface area contributed by atoms with Crippen LogP contribution in [-0.4, -0.2) is 55.2 Å². The highest BCUT2D eigenvalue weighted by atomic mass is 32.1. The lowest BCUT2D eigenvalue weighted by Crippen LogP contribution is -2.69. The van der Waals surface area contributed by atoms with Crippen LogP contribution in [0.25, 0.3) is 0 Å². The quantitative estimate of drug-likeness (QED) is 0.800. The Labute approximate surface area is 125 Å². The summed E-state index contributed by atoms with van der Waals surface area (Å²) in [5, 5.41) is 5.91. The minimum atomic E-state index is -0.176. The Morgan fingerprint density at radius 1 is 1.45 bits per heavy atom. The highest BCUT2D eigenvalue weighted by Crippen LogP contribution is 2.43. The highest BCUT2D eigenvalue weighted by Gasteiger charge is 2.57. The number of ether oxygens (including phenoxy) is 1. The average molecular weight is 291 g/mol. The van der Waals surface area contributed by atoms with Crippen molar-refractivity contribution in [1.29, 1.82) is 0 Å². The molecule has 20 heavy (non-hydrogen) atoms. The molecule has 2 bridgehead atoms. The number of amidine groups is 1. The normalized spacial score (nSPS) is 38.2. The van der Waals surface area contributed by atoms with Crippen LogP contribution >= 0.6 is 11.3 Å². The van der Waals surface area contributed by atoms with Gasteiger partial charge in [0, 0.05) is 30.3 Å². The lowest BCUT2D eigenvalue weighted by atomic mass is 9.72. The summed E-state index contributed by atoms with van der Waals surface area (Å²) in [5.74, 6) is 0.593. The van der Waals surface area contributed by atoms with Crippen molar-refractivity contribution in [1.82, 2.24) is 4.98 Å². The molecule has 5 heterocycles. The second kappa shape index (κ2) is 4.74. The first-order valence-corrected chi connectivity index (χ1v) is 7.60. The Kier molecular flexibility index (Phi) is 3.29. The predicted octanol–water partition coefficient (Wildman–Crippen LogP) is 1.64. The average Bonchev–Trinajstić information content (AvgIpc) is 3.01. The number of thiazole rings is 1. The van der Waals surface area contributed by atoms with E-state index >= 15 is 0 Å². The van der Waals surface area contributed by atoms with Gasteiger partial charge in [-0.05, 0) is 0 Å². The van der Waals surface area contributed by atoms with Gasteiger partial charge in [0.2, 0.25) is 0 Å². The molecule has 3 fully saturated rings. The summed E-state index contributed by atoms with van der Waals surface area (Å²) in [7, 11) is 6.41. The standard InChI is InChI=1S/C12H16BN4OS.CH4/c13-17-4-1-9(2-5-17)12(8-17)7-15-10(18-12)16-11-14-3-6-19-11;/h3,6,9H,1-2,4-5,7-8H2,(H,14,15,16);1H4/q+1;. The lowest BCUT2D eigenvalue weighted by Gasteiger charge is -2.55. The predicted molar refractivity (Wildman–Crippen MR) is 81.9 cm³/mol. The van der Waals surface area contributed by atoms with Crippen LogP contribution in [-0.2, 0) is 4.74 Å². The van der Waals surface area contributed by atoms with Crippen molar-refractivity contribution in [2.24, 2.45) is 10.9 Å². The summed E-state index contributed by atoms with van der Waals surface area (Å²) in [5.41, 5.74) is -0.176. The summed E-state index contributed by atoms with van der Waals surface area (Å²) >= 11 is 1.55. The molecule has 0 aromatic carbocycles. The van der Waals surface area contributed by atoms with Crippen LogP contribution in [0.4, 0.5) is 5.13 Å². The van der Waals surface area contributed by atoms with Gasteiger partial charge in [-0.15, -0.1) is 11.3 Å². The third kappa shape index (κ3) is 2.13. The molecule has 1 aromatic heterocycles. The molecule has 0 aliphatic carbocycles. The van der Waals surface area contributed by atoms with E-state index in [0.717, 1.165) is 44.2 Å². The number of fused-ring (bicyclic) bond motifs is 2. The zero-order chi connectivity index (χ0) is 12.9. The third-order valence-electron chi connectivity index (χ3n) is 4.61. The van der Waals surface area contributed by atoms with Gasteiger partial charge in [0.25, 0.3) is 6.02 Å². The fourth-order valence-electron chi connectivity index (χ4n) is 3.63. The first-order chi connectivity index (χ1) is 9.18. The molecule has 1 atom stereocenters. The van der Waals surface area contributed by atoms with Crippen molar-refractivity contribution in [2.75, 3.05) is 31.5 Å². The maximum absolute atomic E-state index is 6.41. The van der Waals surface area contributed by atoms with Crippen molar-refractivity contribution in [3.63, 3.8) is 0 Å². The van der Waals surface area contributed by atoms with Crippen molar-refractivity contribution < 1.29 is 9.13 Å². The first-order valence-electron chi connectivity index (χ1n) is 6.72. The molecule has 5 rings (SSSR count). The molecule has 1 unspecified atom stereocenters. The summed E-state index contributed by atoms with van der Waals surface area (Å²) in [6.07, 6.45) is 4.07. The van der Waals surface area contributed by atoms with E-state index in [-0.39, 0.29) is 13.0 Å². The van der Waals surface area contributed by atoms with Gasteiger partial charge in [-0.25, -0.2) is 9.98 Å². The van der Waals surface area contributed by atoms with E-state index in [9.17, 15) is 0 Å². The second-order valence-corrected chi connectivity index (χ2v) is 6.74. The minimum absolute atomic E-state index is 0. The number of aromatic nitrogens is 1. The van der Waals surface area contributed by atoms with E-state index in [0.29, 0.717) is 16.3 Å². The summed E-state index contributed by atoms with van der Waals surface area (Å²) in [6.45, 7) is 3.75. The maximum atomic E-state index is 6.41. The first kappa shape index (κ1) is 13.9. The second-order valence-electron chi connectivity index (χ2n) is 5.85. The number of nitrogens with one attached hydrogen (secondary N) is 1. The number of piperidine rings is 3. The van der Waals surface area contributed by atoms with Crippen molar-refractivity contribution in [2.45, 2.75) is 25.9 Å². The maximum Gasteiger partial charge on any atom is 0.481 e. The minimum Gasteiger partial charge on any atom is -0.450 e. The van der Waals surface area contributed by atoms with Crippen LogP contribution in [0, 0.1) is 5.92 Å².